The molecule has 1 aliphatic rings. The van der Waals surface area contributed by atoms with E-state index < -0.39 is 12.6 Å². The van der Waals surface area contributed by atoms with E-state index in [1.54, 1.807) is 28.4 Å². The van der Waals surface area contributed by atoms with E-state index in [2.05, 4.69) is 20.1 Å². The fraction of sp³-hybridized carbons (Fsp3) is 0.667. The second-order valence-electron chi connectivity index (χ2n) is 7.34. The van der Waals surface area contributed by atoms with Gasteiger partial charge in [0, 0.05) is 52.7 Å². The SMILES string of the molecule is CN=C(NCCCCC(F)(F)F)N1CCN(Cc2cc(OC)c(OC)c(OC)c2)CC1. The molecule has 0 saturated carbocycles. The molecule has 0 aromatic heterocycles. The first-order valence-corrected chi connectivity index (χ1v) is 10.3. The maximum atomic E-state index is 12.2. The van der Waals surface area contributed by atoms with Crippen molar-refractivity contribution in [1.82, 2.24) is 15.1 Å². The Morgan fingerprint density at radius 1 is 1.00 bits per heavy atom. The van der Waals surface area contributed by atoms with Crippen LogP contribution in [0.1, 0.15) is 24.8 Å². The number of rotatable bonds is 9. The largest absolute Gasteiger partial charge is 0.493 e. The van der Waals surface area contributed by atoms with Gasteiger partial charge in [-0.25, -0.2) is 0 Å². The topological polar surface area (TPSA) is 58.6 Å². The number of piperazine rings is 1. The third-order valence-corrected chi connectivity index (χ3v) is 5.18. The fourth-order valence-corrected chi connectivity index (χ4v) is 3.59. The van der Waals surface area contributed by atoms with E-state index in [9.17, 15) is 13.2 Å². The maximum absolute atomic E-state index is 12.2. The molecule has 0 unspecified atom stereocenters. The lowest BCUT2D eigenvalue weighted by molar-refractivity contribution is -0.135. The third kappa shape index (κ3) is 7.68. The molecule has 0 aliphatic carbocycles. The minimum absolute atomic E-state index is 0.121. The minimum Gasteiger partial charge on any atom is -0.493 e. The Bertz CT molecular complexity index is 695. The number of benzene rings is 1. The summed E-state index contributed by atoms with van der Waals surface area (Å²) in [5.74, 6) is 2.57. The van der Waals surface area contributed by atoms with Crippen molar-refractivity contribution in [3.8, 4) is 17.2 Å². The van der Waals surface area contributed by atoms with Crippen molar-refractivity contribution in [2.75, 3.05) is 61.1 Å². The van der Waals surface area contributed by atoms with Crippen LogP contribution in [-0.2, 0) is 6.54 Å². The number of unbranched alkanes of at least 4 members (excludes halogenated alkanes) is 1. The lowest BCUT2D eigenvalue weighted by Gasteiger charge is -2.36. The van der Waals surface area contributed by atoms with Crippen molar-refractivity contribution in [1.29, 1.82) is 0 Å². The highest BCUT2D eigenvalue weighted by Gasteiger charge is 2.26. The lowest BCUT2D eigenvalue weighted by atomic mass is 10.1. The second kappa shape index (κ2) is 11.9. The van der Waals surface area contributed by atoms with Crippen molar-refractivity contribution < 1.29 is 27.4 Å². The van der Waals surface area contributed by atoms with Gasteiger partial charge in [-0.05, 0) is 30.5 Å². The number of methoxy groups -OCH3 is 3. The molecule has 10 heteroatoms. The number of hydrogen-bond acceptors (Lipinski definition) is 5. The molecule has 1 aromatic carbocycles. The van der Waals surface area contributed by atoms with Gasteiger partial charge in [0.15, 0.2) is 17.5 Å². The molecule has 0 atom stereocenters. The first-order valence-electron chi connectivity index (χ1n) is 10.3. The molecule has 2 rings (SSSR count). The van der Waals surface area contributed by atoms with Gasteiger partial charge in [-0.15, -0.1) is 0 Å². The molecule has 0 bridgehead atoms. The van der Waals surface area contributed by atoms with Crippen molar-refractivity contribution in [3.05, 3.63) is 17.7 Å². The van der Waals surface area contributed by atoms with Gasteiger partial charge in [0.25, 0.3) is 0 Å². The summed E-state index contributed by atoms with van der Waals surface area (Å²) in [6.07, 6.45) is -4.25. The Hall–Kier alpha value is -2.36. The molecule has 0 radical (unpaired) electrons. The number of ether oxygens (including phenoxy) is 3. The molecule has 1 N–H and O–H groups in total. The van der Waals surface area contributed by atoms with Gasteiger partial charge in [0.1, 0.15) is 0 Å². The van der Waals surface area contributed by atoms with Crippen LogP contribution in [0.3, 0.4) is 0 Å². The summed E-state index contributed by atoms with van der Waals surface area (Å²) in [7, 11) is 6.47. The van der Waals surface area contributed by atoms with Crippen molar-refractivity contribution in [2.24, 2.45) is 4.99 Å². The van der Waals surface area contributed by atoms with Gasteiger partial charge in [-0.2, -0.15) is 13.2 Å². The zero-order valence-corrected chi connectivity index (χ0v) is 18.7. The molecule has 1 fully saturated rings. The number of halogens is 3. The van der Waals surface area contributed by atoms with Crippen LogP contribution in [0.5, 0.6) is 17.2 Å². The summed E-state index contributed by atoms with van der Waals surface area (Å²) in [6.45, 7) is 4.47. The zero-order chi connectivity index (χ0) is 22.9. The summed E-state index contributed by atoms with van der Waals surface area (Å²) in [6, 6.07) is 3.91. The summed E-state index contributed by atoms with van der Waals surface area (Å²) < 4.78 is 52.9. The highest BCUT2D eigenvalue weighted by Crippen LogP contribution is 2.38. The summed E-state index contributed by atoms with van der Waals surface area (Å²) >= 11 is 0. The van der Waals surface area contributed by atoms with E-state index in [1.807, 2.05) is 12.1 Å². The standard InChI is InChI=1S/C21H33F3N4O3/c1-25-20(26-8-6-5-7-21(22,23)24)28-11-9-27(10-12-28)15-16-13-17(29-2)19(31-4)18(14-16)30-3/h13-14H,5-12,15H2,1-4H3,(H,25,26). The van der Waals surface area contributed by atoms with Crippen molar-refractivity contribution in [3.63, 3.8) is 0 Å². The summed E-state index contributed by atoms with van der Waals surface area (Å²) in [5, 5.41) is 3.18. The molecule has 0 spiro atoms. The van der Waals surface area contributed by atoms with Crippen LogP contribution in [-0.4, -0.2) is 83.0 Å². The van der Waals surface area contributed by atoms with Crippen LogP contribution in [0, 0.1) is 0 Å². The summed E-state index contributed by atoms with van der Waals surface area (Å²) in [5.41, 5.74) is 1.06. The minimum atomic E-state index is -4.09. The molecular weight excluding hydrogens is 413 g/mol. The molecule has 31 heavy (non-hydrogen) atoms. The van der Waals surface area contributed by atoms with Crippen molar-refractivity contribution >= 4 is 5.96 Å². The monoisotopic (exact) mass is 446 g/mol. The number of hydrogen-bond donors (Lipinski definition) is 1. The Kier molecular flexibility index (Phi) is 9.54. The summed E-state index contributed by atoms with van der Waals surface area (Å²) in [4.78, 5) is 8.74. The van der Waals surface area contributed by atoms with E-state index in [1.165, 1.54) is 0 Å². The molecule has 1 heterocycles. The second-order valence-corrected chi connectivity index (χ2v) is 7.34. The van der Waals surface area contributed by atoms with E-state index in [0.717, 1.165) is 44.2 Å². The van der Waals surface area contributed by atoms with Gasteiger partial charge in [0.2, 0.25) is 5.75 Å². The van der Waals surface area contributed by atoms with E-state index >= 15 is 0 Å². The maximum Gasteiger partial charge on any atom is 0.389 e. The predicted octanol–water partition coefficient (Wildman–Crippen LogP) is 3.14. The average molecular weight is 447 g/mol. The first kappa shape index (κ1) is 24.9. The highest BCUT2D eigenvalue weighted by atomic mass is 19.4. The van der Waals surface area contributed by atoms with Crippen LogP contribution in [0.2, 0.25) is 0 Å². The highest BCUT2D eigenvalue weighted by molar-refractivity contribution is 5.79. The Morgan fingerprint density at radius 2 is 1.61 bits per heavy atom. The molecule has 176 valence electrons. The first-order chi connectivity index (χ1) is 14.8. The number of nitrogens with zero attached hydrogens (tertiary/aromatic N) is 3. The number of alkyl halides is 3. The third-order valence-electron chi connectivity index (χ3n) is 5.18. The molecular formula is C21H33F3N4O3. The fourth-order valence-electron chi connectivity index (χ4n) is 3.59. The van der Waals surface area contributed by atoms with Crippen LogP contribution in [0.15, 0.2) is 17.1 Å². The lowest BCUT2D eigenvalue weighted by Crippen LogP contribution is -2.52. The van der Waals surface area contributed by atoms with Crippen LogP contribution in [0.25, 0.3) is 0 Å². The number of guanidine groups is 1. The molecule has 1 aliphatic heterocycles. The molecule has 1 aromatic rings. The number of nitrogens with one attached hydrogen (secondary N) is 1. The molecule has 1 saturated heterocycles. The molecule has 7 nitrogen and oxygen atoms in total. The van der Waals surface area contributed by atoms with E-state index in [-0.39, 0.29) is 6.42 Å². The van der Waals surface area contributed by atoms with Crippen LogP contribution < -0.4 is 19.5 Å². The van der Waals surface area contributed by atoms with E-state index in [4.69, 9.17) is 14.2 Å². The Balaban J connectivity index is 1.84. The number of aliphatic imine (C=N–C) groups is 1. The van der Waals surface area contributed by atoms with E-state index in [0.29, 0.717) is 30.2 Å². The predicted molar refractivity (Wildman–Crippen MR) is 114 cm³/mol. The van der Waals surface area contributed by atoms with Crippen LogP contribution in [0.4, 0.5) is 13.2 Å². The smallest absolute Gasteiger partial charge is 0.389 e. The van der Waals surface area contributed by atoms with Crippen molar-refractivity contribution in [2.45, 2.75) is 32.0 Å². The molecule has 0 amide bonds. The van der Waals surface area contributed by atoms with Gasteiger partial charge >= 0.3 is 6.18 Å². The zero-order valence-electron chi connectivity index (χ0n) is 18.7. The quantitative estimate of drug-likeness (QED) is 0.357. The Labute approximate surface area is 182 Å². The van der Waals surface area contributed by atoms with Gasteiger partial charge < -0.3 is 24.4 Å². The van der Waals surface area contributed by atoms with Gasteiger partial charge in [0.05, 0.1) is 21.3 Å². The normalized spacial score (nSPS) is 15.7. The Morgan fingerprint density at radius 3 is 2.10 bits per heavy atom. The van der Waals surface area contributed by atoms with Crippen LogP contribution >= 0.6 is 0 Å². The van der Waals surface area contributed by atoms with Gasteiger partial charge in [-0.1, -0.05) is 0 Å². The van der Waals surface area contributed by atoms with Gasteiger partial charge in [-0.3, -0.25) is 9.89 Å². The average Bonchev–Trinajstić information content (AvgIpc) is 2.75.